The molecule has 0 aliphatic carbocycles. The van der Waals surface area contributed by atoms with Crippen LogP contribution in [-0.2, 0) is 20.9 Å². The number of carbonyl (C=O) groups excluding carboxylic acids is 2. The number of rotatable bonds is 4. The normalized spacial score (nSPS) is 10.2. The molecule has 0 heterocycles. The average Bonchev–Trinajstić information content (AvgIpc) is 2.66. The summed E-state index contributed by atoms with van der Waals surface area (Å²) in [5.41, 5.74) is 1.40. The number of carbonyl (C=O) groups is 2. The highest BCUT2D eigenvalue weighted by molar-refractivity contribution is 14.1. The SMILES string of the molecule is C=CC(=O)OC(C)(C)C.CN(C(=O)OCc1ccccc1)c1ccc(I)cc1. The number of nitrogens with zero attached hydrogens (tertiary/aromatic N) is 1. The number of amides is 1. The van der Waals surface area contributed by atoms with E-state index in [9.17, 15) is 9.59 Å². The first kappa shape index (κ1) is 23.7. The van der Waals surface area contributed by atoms with Gasteiger partial charge in [-0.1, -0.05) is 36.9 Å². The molecule has 0 saturated heterocycles. The van der Waals surface area contributed by atoms with Gasteiger partial charge in [0.1, 0.15) is 12.2 Å². The predicted octanol–water partition coefficient (Wildman–Crippen LogP) is 5.58. The summed E-state index contributed by atoms with van der Waals surface area (Å²) in [6.45, 7) is 9.00. The van der Waals surface area contributed by atoms with E-state index in [0.29, 0.717) is 0 Å². The van der Waals surface area contributed by atoms with Crippen LogP contribution in [0.15, 0.2) is 67.3 Å². The third-order valence-electron chi connectivity index (χ3n) is 3.27. The smallest absolute Gasteiger partial charge is 0.414 e. The molecule has 0 atom stereocenters. The number of hydrogen-bond acceptors (Lipinski definition) is 4. The molecular formula is C22H26INO4. The molecular weight excluding hydrogens is 469 g/mol. The first-order valence-corrected chi connectivity index (χ1v) is 9.75. The van der Waals surface area contributed by atoms with Crippen LogP contribution < -0.4 is 4.90 Å². The number of esters is 1. The van der Waals surface area contributed by atoms with Gasteiger partial charge < -0.3 is 9.47 Å². The van der Waals surface area contributed by atoms with Crippen molar-refractivity contribution >= 4 is 40.3 Å². The first-order chi connectivity index (χ1) is 13.1. The zero-order valence-electron chi connectivity index (χ0n) is 16.6. The topological polar surface area (TPSA) is 55.8 Å². The molecule has 5 nitrogen and oxygen atoms in total. The van der Waals surface area contributed by atoms with E-state index in [-0.39, 0.29) is 18.7 Å². The molecule has 28 heavy (non-hydrogen) atoms. The van der Waals surface area contributed by atoms with E-state index in [1.807, 2.05) is 75.4 Å². The number of hydrogen-bond donors (Lipinski definition) is 0. The van der Waals surface area contributed by atoms with Crippen molar-refractivity contribution in [2.24, 2.45) is 0 Å². The maximum Gasteiger partial charge on any atom is 0.414 e. The molecule has 0 aromatic heterocycles. The highest BCUT2D eigenvalue weighted by Gasteiger charge is 2.13. The van der Waals surface area contributed by atoms with E-state index in [1.54, 1.807) is 7.05 Å². The van der Waals surface area contributed by atoms with Gasteiger partial charge in [0.15, 0.2) is 0 Å². The molecule has 0 bridgehead atoms. The summed E-state index contributed by atoms with van der Waals surface area (Å²) < 4.78 is 11.2. The lowest BCUT2D eigenvalue weighted by atomic mass is 10.2. The van der Waals surface area contributed by atoms with Crippen LogP contribution in [-0.4, -0.2) is 24.7 Å². The Hall–Kier alpha value is -2.35. The number of ether oxygens (including phenoxy) is 2. The quantitative estimate of drug-likeness (QED) is 0.316. The van der Waals surface area contributed by atoms with E-state index in [0.717, 1.165) is 20.9 Å². The summed E-state index contributed by atoms with van der Waals surface area (Å²) in [5, 5.41) is 0. The van der Waals surface area contributed by atoms with Gasteiger partial charge in [0, 0.05) is 22.4 Å². The second kappa shape index (κ2) is 11.5. The van der Waals surface area contributed by atoms with Crippen LogP contribution in [0.25, 0.3) is 0 Å². The predicted molar refractivity (Wildman–Crippen MR) is 120 cm³/mol. The summed E-state index contributed by atoms with van der Waals surface area (Å²) >= 11 is 2.23. The molecule has 2 aromatic carbocycles. The standard InChI is InChI=1S/C15H14INO2.C7H12O2/c1-17(14-9-7-13(16)8-10-14)15(18)19-11-12-5-3-2-4-6-12;1-5-6(8)9-7(2,3)4/h2-10H,11H2,1H3;5H,1H2,2-4H3. The maximum absolute atomic E-state index is 11.9. The third kappa shape index (κ3) is 9.55. The van der Waals surface area contributed by atoms with E-state index in [2.05, 4.69) is 29.2 Å². The summed E-state index contributed by atoms with van der Waals surface area (Å²) in [7, 11) is 1.70. The van der Waals surface area contributed by atoms with Crippen LogP contribution in [0.3, 0.4) is 0 Å². The number of benzene rings is 2. The molecule has 1 amide bonds. The van der Waals surface area contributed by atoms with Crippen molar-refractivity contribution < 1.29 is 19.1 Å². The fraction of sp³-hybridized carbons (Fsp3) is 0.273. The van der Waals surface area contributed by atoms with Crippen LogP contribution in [0.5, 0.6) is 0 Å². The van der Waals surface area contributed by atoms with E-state index >= 15 is 0 Å². The summed E-state index contributed by atoms with van der Waals surface area (Å²) in [6.07, 6.45) is 0.802. The fourth-order valence-electron chi connectivity index (χ4n) is 1.93. The third-order valence-corrected chi connectivity index (χ3v) is 3.99. The van der Waals surface area contributed by atoms with Gasteiger partial charge >= 0.3 is 12.1 Å². The van der Waals surface area contributed by atoms with Crippen LogP contribution in [0.1, 0.15) is 26.3 Å². The highest BCUT2D eigenvalue weighted by atomic mass is 127. The van der Waals surface area contributed by atoms with Gasteiger partial charge in [-0.25, -0.2) is 9.59 Å². The van der Waals surface area contributed by atoms with E-state index < -0.39 is 5.60 Å². The van der Waals surface area contributed by atoms with E-state index in [1.165, 1.54) is 4.90 Å². The minimum Gasteiger partial charge on any atom is -0.457 e. The minimum absolute atomic E-state index is 0.286. The van der Waals surface area contributed by atoms with Crippen molar-refractivity contribution in [3.63, 3.8) is 0 Å². The fourth-order valence-corrected chi connectivity index (χ4v) is 2.29. The molecule has 0 radical (unpaired) electrons. The zero-order valence-corrected chi connectivity index (χ0v) is 18.8. The molecule has 0 aliphatic rings. The Kier molecular flexibility index (Phi) is 9.72. The second-order valence-corrected chi connectivity index (χ2v) is 8.06. The lowest BCUT2D eigenvalue weighted by Gasteiger charge is -2.17. The molecule has 2 aromatic rings. The molecule has 0 N–H and O–H groups in total. The van der Waals surface area contributed by atoms with Crippen molar-refractivity contribution in [1.29, 1.82) is 0 Å². The zero-order chi connectivity index (χ0) is 21.2. The largest absolute Gasteiger partial charge is 0.457 e. The minimum atomic E-state index is -0.398. The van der Waals surface area contributed by atoms with Gasteiger partial charge in [0.2, 0.25) is 0 Å². The Morgan fingerprint density at radius 2 is 1.64 bits per heavy atom. The average molecular weight is 495 g/mol. The molecule has 0 unspecified atom stereocenters. The summed E-state index contributed by atoms with van der Waals surface area (Å²) in [4.78, 5) is 23.9. The summed E-state index contributed by atoms with van der Waals surface area (Å²) in [6, 6.07) is 17.3. The highest BCUT2D eigenvalue weighted by Crippen LogP contribution is 2.16. The Morgan fingerprint density at radius 1 is 1.07 bits per heavy atom. The number of halogens is 1. The van der Waals surface area contributed by atoms with Crippen LogP contribution >= 0.6 is 22.6 Å². The Morgan fingerprint density at radius 3 is 2.11 bits per heavy atom. The van der Waals surface area contributed by atoms with Gasteiger partial charge in [-0.15, -0.1) is 0 Å². The molecule has 150 valence electrons. The van der Waals surface area contributed by atoms with Gasteiger partial charge in [0.05, 0.1) is 0 Å². The molecule has 0 saturated carbocycles. The lowest BCUT2D eigenvalue weighted by molar-refractivity contribution is -0.148. The van der Waals surface area contributed by atoms with Gasteiger partial charge in [-0.3, -0.25) is 4.90 Å². The monoisotopic (exact) mass is 495 g/mol. The van der Waals surface area contributed by atoms with Crippen LogP contribution in [0.2, 0.25) is 0 Å². The van der Waals surface area contributed by atoms with Crippen molar-refractivity contribution in [2.45, 2.75) is 33.0 Å². The van der Waals surface area contributed by atoms with Crippen molar-refractivity contribution in [1.82, 2.24) is 0 Å². The van der Waals surface area contributed by atoms with Crippen molar-refractivity contribution in [2.75, 3.05) is 11.9 Å². The Balaban J connectivity index is 0.000000370. The molecule has 0 spiro atoms. The molecule has 6 heteroatoms. The lowest BCUT2D eigenvalue weighted by Crippen LogP contribution is -2.26. The van der Waals surface area contributed by atoms with Crippen LogP contribution in [0.4, 0.5) is 10.5 Å². The van der Waals surface area contributed by atoms with Crippen molar-refractivity contribution in [3.05, 3.63) is 76.4 Å². The van der Waals surface area contributed by atoms with Gasteiger partial charge in [-0.2, -0.15) is 0 Å². The molecule has 0 aliphatic heterocycles. The van der Waals surface area contributed by atoms with Crippen molar-refractivity contribution in [3.8, 4) is 0 Å². The second-order valence-electron chi connectivity index (χ2n) is 6.81. The van der Waals surface area contributed by atoms with Gasteiger partial charge in [0.25, 0.3) is 0 Å². The Bertz CT molecular complexity index is 767. The molecule has 2 rings (SSSR count). The van der Waals surface area contributed by atoms with E-state index in [4.69, 9.17) is 9.47 Å². The molecule has 0 fully saturated rings. The van der Waals surface area contributed by atoms with Gasteiger partial charge in [-0.05, 0) is 73.2 Å². The van der Waals surface area contributed by atoms with Crippen LogP contribution in [0, 0.1) is 3.57 Å². The number of anilines is 1. The first-order valence-electron chi connectivity index (χ1n) is 8.68. The Labute approximate surface area is 180 Å². The maximum atomic E-state index is 11.9. The summed E-state index contributed by atoms with van der Waals surface area (Å²) in [5.74, 6) is -0.373.